The van der Waals surface area contributed by atoms with Crippen molar-refractivity contribution in [3.05, 3.63) is 33.9 Å². The van der Waals surface area contributed by atoms with Gasteiger partial charge in [0.2, 0.25) is 0 Å². The van der Waals surface area contributed by atoms with Crippen molar-refractivity contribution in [2.24, 2.45) is 5.92 Å². The number of non-ortho nitro benzene ring substituents is 1. The molecule has 19 heavy (non-hydrogen) atoms. The van der Waals surface area contributed by atoms with E-state index in [9.17, 15) is 14.9 Å². The molecule has 0 saturated heterocycles. The van der Waals surface area contributed by atoms with Crippen molar-refractivity contribution in [3.8, 4) is 0 Å². The van der Waals surface area contributed by atoms with E-state index in [0.717, 1.165) is 12.5 Å². The highest BCUT2D eigenvalue weighted by Crippen LogP contribution is 2.25. The van der Waals surface area contributed by atoms with Gasteiger partial charge in [0.25, 0.3) is 5.69 Å². The van der Waals surface area contributed by atoms with Crippen molar-refractivity contribution in [3.63, 3.8) is 0 Å². The number of aromatic carboxylic acids is 1. The van der Waals surface area contributed by atoms with Gasteiger partial charge in [-0.15, -0.1) is 0 Å². The minimum absolute atomic E-state index is 0.0412. The maximum absolute atomic E-state index is 11.2. The van der Waals surface area contributed by atoms with Crippen LogP contribution in [0.25, 0.3) is 0 Å². The molecule has 0 bridgehead atoms. The summed E-state index contributed by atoms with van der Waals surface area (Å²) in [5.74, 6) is -0.649. The lowest BCUT2D eigenvalue weighted by Crippen LogP contribution is -2.22. The molecule has 0 aromatic heterocycles. The van der Waals surface area contributed by atoms with Crippen LogP contribution in [0.2, 0.25) is 0 Å². The van der Waals surface area contributed by atoms with Gasteiger partial charge in [-0.25, -0.2) is 4.79 Å². The molecule has 1 rings (SSSR count). The topological polar surface area (TPSA) is 83.7 Å². The Morgan fingerprint density at radius 3 is 2.58 bits per heavy atom. The largest absolute Gasteiger partial charge is 0.478 e. The number of hydrogen-bond acceptors (Lipinski definition) is 4. The minimum atomic E-state index is -1.16. The van der Waals surface area contributed by atoms with E-state index in [4.69, 9.17) is 5.11 Å². The predicted octanol–water partition coefficient (Wildman–Crippen LogP) is 2.78. The summed E-state index contributed by atoms with van der Waals surface area (Å²) in [6.07, 6.45) is 0.923. The van der Waals surface area contributed by atoms with Crippen molar-refractivity contribution in [1.29, 1.82) is 0 Å². The molecule has 0 spiro atoms. The van der Waals surface area contributed by atoms with Gasteiger partial charge in [0, 0.05) is 25.7 Å². The average molecular weight is 266 g/mol. The molecule has 0 atom stereocenters. The highest BCUT2D eigenvalue weighted by atomic mass is 16.6. The fourth-order valence-corrected chi connectivity index (χ4v) is 1.71. The van der Waals surface area contributed by atoms with E-state index in [-0.39, 0.29) is 11.3 Å². The van der Waals surface area contributed by atoms with E-state index in [2.05, 4.69) is 13.8 Å². The third kappa shape index (κ3) is 3.94. The second-order valence-corrected chi connectivity index (χ2v) is 4.87. The fourth-order valence-electron chi connectivity index (χ4n) is 1.71. The molecule has 0 radical (unpaired) electrons. The summed E-state index contributed by atoms with van der Waals surface area (Å²) in [7, 11) is 1.79. The lowest BCUT2D eigenvalue weighted by molar-refractivity contribution is -0.384. The summed E-state index contributed by atoms with van der Waals surface area (Å²) in [5.41, 5.74) is 0.248. The van der Waals surface area contributed by atoms with E-state index in [0.29, 0.717) is 18.2 Å². The molecular weight excluding hydrogens is 248 g/mol. The van der Waals surface area contributed by atoms with Crippen LogP contribution in [0.15, 0.2) is 18.2 Å². The predicted molar refractivity (Wildman–Crippen MR) is 72.8 cm³/mol. The third-order valence-electron chi connectivity index (χ3n) is 2.87. The van der Waals surface area contributed by atoms with Crippen LogP contribution < -0.4 is 4.90 Å². The number of nitrogens with zero attached hydrogens (tertiary/aromatic N) is 2. The lowest BCUT2D eigenvalue weighted by Gasteiger charge is -2.22. The van der Waals surface area contributed by atoms with Crippen LogP contribution in [0.5, 0.6) is 0 Å². The third-order valence-corrected chi connectivity index (χ3v) is 2.87. The molecule has 0 saturated carbocycles. The normalized spacial score (nSPS) is 10.5. The van der Waals surface area contributed by atoms with Gasteiger partial charge in [-0.05, 0) is 18.4 Å². The van der Waals surface area contributed by atoms with Gasteiger partial charge in [0.15, 0.2) is 0 Å². The van der Waals surface area contributed by atoms with Gasteiger partial charge in [-0.1, -0.05) is 13.8 Å². The van der Waals surface area contributed by atoms with Crippen molar-refractivity contribution < 1.29 is 14.8 Å². The van der Waals surface area contributed by atoms with Crippen LogP contribution in [-0.4, -0.2) is 29.6 Å². The second kappa shape index (κ2) is 6.17. The Bertz CT molecular complexity index is 486. The summed E-state index contributed by atoms with van der Waals surface area (Å²) in [5, 5.41) is 19.8. The number of hydrogen-bond donors (Lipinski definition) is 1. The Hall–Kier alpha value is -2.11. The number of nitro groups is 1. The Morgan fingerprint density at radius 1 is 1.47 bits per heavy atom. The van der Waals surface area contributed by atoms with Crippen LogP contribution in [-0.2, 0) is 0 Å². The summed E-state index contributed by atoms with van der Waals surface area (Å²) < 4.78 is 0. The van der Waals surface area contributed by atoms with E-state index >= 15 is 0 Å². The molecule has 1 aromatic rings. The molecule has 0 aliphatic carbocycles. The first-order chi connectivity index (χ1) is 8.82. The fraction of sp³-hybridized carbons (Fsp3) is 0.462. The quantitative estimate of drug-likeness (QED) is 0.632. The highest BCUT2D eigenvalue weighted by molar-refractivity contribution is 5.95. The molecular formula is C13H18N2O4. The average Bonchev–Trinajstić information content (AvgIpc) is 2.34. The SMILES string of the molecule is CC(C)CCN(C)c1ccc([N+](=O)[O-])cc1C(=O)O. The first-order valence-corrected chi connectivity index (χ1v) is 6.05. The molecule has 0 fully saturated rings. The standard InChI is InChI=1S/C13H18N2O4/c1-9(2)6-7-14(3)12-5-4-10(15(18)19)8-11(12)13(16)17/h4-5,8-9H,6-7H2,1-3H3,(H,16,17). The lowest BCUT2D eigenvalue weighted by atomic mass is 10.1. The van der Waals surface area contributed by atoms with Crippen molar-refractivity contribution >= 4 is 17.3 Å². The van der Waals surface area contributed by atoms with Crippen LogP contribution >= 0.6 is 0 Å². The van der Waals surface area contributed by atoms with Gasteiger partial charge in [0.1, 0.15) is 0 Å². The summed E-state index contributed by atoms with van der Waals surface area (Å²) in [6, 6.07) is 3.92. The molecule has 0 aliphatic heterocycles. The van der Waals surface area contributed by atoms with Crippen molar-refractivity contribution in [2.75, 3.05) is 18.5 Å². The maximum atomic E-state index is 11.2. The van der Waals surface area contributed by atoms with Crippen molar-refractivity contribution in [1.82, 2.24) is 0 Å². The Labute approximate surface area is 111 Å². The molecule has 0 heterocycles. The monoisotopic (exact) mass is 266 g/mol. The van der Waals surface area contributed by atoms with Gasteiger partial charge >= 0.3 is 5.97 Å². The summed E-state index contributed by atoms with van der Waals surface area (Å²) >= 11 is 0. The van der Waals surface area contributed by atoms with Gasteiger partial charge in [-0.2, -0.15) is 0 Å². The second-order valence-electron chi connectivity index (χ2n) is 4.87. The maximum Gasteiger partial charge on any atom is 0.338 e. The Kier molecular flexibility index (Phi) is 4.86. The molecule has 6 heteroatoms. The molecule has 1 N–H and O–H groups in total. The highest BCUT2D eigenvalue weighted by Gasteiger charge is 2.18. The van der Waals surface area contributed by atoms with E-state index < -0.39 is 10.9 Å². The number of carboxylic acids is 1. The number of carboxylic acid groups (broad SMARTS) is 1. The first kappa shape index (κ1) is 14.9. The van der Waals surface area contributed by atoms with E-state index in [1.165, 1.54) is 12.1 Å². The van der Waals surface area contributed by atoms with Crippen LogP contribution in [0.4, 0.5) is 11.4 Å². The zero-order valence-corrected chi connectivity index (χ0v) is 11.3. The van der Waals surface area contributed by atoms with Crippen LogP contribution in [0, 0.1) is 16.0 Å². The van der Waals surface area contributed by atoms with Gasteiger partial charge in [-0.3, -0.25) is 10.1 Å². The molecule has 0 aliphatic rings. The van der Waals surface area contributed by atoms with E-state index in [1.807, 2.05) is 4.90 Å². The Balaban J connectivity index is 3.06. The number of carbonyl (C=O) groups is 1. The van der Waals surface area contributed by atoms with Crippen LogP contribution in [0.3, 0.4) is 0 Å². The number of nitro benzene ring substituents is 1. The number of benzene rings is 1. The number of rotatable bonds is 6. The Morgan fingerprint density at radius 2 is 2.11 bits per heavy atom. The summed E-state index contributed by atoms with van der Waals surface area (Å²) in [4.78, 5) is 23.1. The first-order valence-electron chi connectivity index (χ1n) is 6.05. The minimum Gasteiger partial charge on any atom is -0.478 e. The molecule has 6 nitrogen and oxygen atoms in total. The van der Waals surface area contributed by atoms with Gasteiger partial charge in [0.05, 0.1) is 16.2 Å². The molecule has 0 unspecified atom stereocenters. The smallest absolute Gasteiger partial charge is 0.338 e. The van der Waals surface area contributed by atoms with E-state index in [1.54, 1.807) is 7.05 Å². The van der Waals surface area contributed by atoms with Gasteiger partial charge < -0.3 is 10.0 Å². The van der Waals surface area contributed by atoms with Crippen molar-refractivity contribution in [2.45, 2.75) is 20.3 Å². The molecule has 104 valence electrons. The zero-order valence-electron chi connectivity index (χ0n) is 11.3. The number of anilines is 1. The van der Waals surface area contributed by atoms with Crippen LogP contribution in [0.1, 0.15) is 30.6 Å². The molecule has 0 amide bonds. The summed E-state index contributed by atoms with van der Waals surface area (Å²) in [6.45, 7) is 4.87. The zero-order chi connectivity index (χ0) is 14.6. The molecule has 1 aromatic carbocycles.